The van der Waals surface area contributed by atoms with Gasteiger partial charge in [0.25, 0.3) is 0 Å². The molecule has 0 atom stereocenters. The van der Waals surface area contributed by atoms with Crippen molar-refractivity contribution in [1.82, 2.24) is 15.0 Å². The van der Waals surface area contributed by atoms with Crippen molar-refractivity contribution in [3.63, 3.8) is 0 Å². The summed E-state index contributed by atoms with van der Waals surface area (Å²) in [6, 6.07) is 3.89. The summed E-state index contributed by atoms with van der Waals surface area (Å²) in [5.74, 6) is 1.59. The molecule has 6 heteroatoms. The van der Waals surface area contributed by atoms with Crippen molar-refractivity contribution in [2.75, 3.05) is 11.9 Å². The van der Waals surface area contributed by atoms with Gasteiger partial charge in [0.2, 0.25) is 0 Å². The van der Waals surface area contributed by atoms with E-state index in [1.165, 1.54) is 0 Å². The number of nitrogens with zero attached hydrogens (tertiary/aromatic N) is 3. The van der Waals surface area contributed by atoms with E-state index in [2.05, 4.69) is 43.1 Å². The maximum Gasteiger partial charge on any atom is 0.144 e. The van der Waals surface area contributed by atoms with Gasteiger partial charge in [0.1, 0.15) is 10.8 Å². The molecule has 0 spiro atoms. The van der Waals surface area contributed by atoms with Crippen molar-refractivity contribution < 1.29 is 0 Å². The summed E-state index contributed by atoms with van der Waals surface area (Å²) in [6.45, 7) is 3.04. The zero-order chi connectivity index (χ0) is 13.5. The van der Waals surface area contributed by atoms with Gasteiger partial charge in [0, 0.05) is 23.0 Å². The predicted molar refractivity (Wildman–Crippen MR) is 82.3 cm³/mol. The Balaban J connectivity index is 1.91. The number of hydrogen-bond donors (Lipinski definition) is 1. The first-order valence-electron chi connectivity index (χ1n) is 6.07. The second kappa shape index (κ2) is 7.45. The Morgan fingerprint density at radius 1 is 1.26 bits per heavy atom. The van der Waals surface area contributed by atoms with E-state index in [0.29, 0.717) is 0 Å². The molecular weight excluding hydrogens is 324 g/mol. The van der Waals surface area contributed by atoms with E-state index in [1.54, 1.807) is 24.2 Å². The largest absolute Gasteiger partial charge is 0.369 e. The molecule has 2 rings (SSSR count). The first-order valence-corrected chi connectivity index (χ1v) is 7.85. The van der Waals surface area contributed by atoms with Crippen molar-refractivity contribution in [2.24, 2.45) is 0 Å². The molecule has 0 amide bonds. The normalized spacial score (nSPS) is 10.4. The Hall–Kier alpha value is -1.14. The molecule has 0 fully saturated rings. The average Bonchev–Trinajstić information content (AvgIpc) is 2.45. The van der Waals surface area contributed by atoms with Crippen LogP contribution in [0.4, 0.5) is 5.82 Å². The fourth-order valence-electron chi connectivity index (χ4n) is 1.39. The lowest BCUT2D eigenvalue weighted by Crippen LogP contribution is -2.02. The van der Waals surface area contributed by atoms with Crippen molar-refractivity contribution in [1.29, 1.82) is 0 Å². The van der Waals surface area contributed by atoms with Gasteiger partial charge in [-0.25, -0.2) is 9.97 Å². The number of aromatic nitrogens is 3. The van der Waals surface area contributed by atoms with Crippen LogP contribution < -0.4 is 5.32 Å². The fourth-order valence-corrected chi connectivity index (χ4v) is 2.77. The zero-order valence-electron chi connectivity index (χ0n) is 10.6. The van der Waals surface area contributed by atoms with Crippen LogP contribution in [-0.2, 0) is 5.75 Å². The highest BCUT2D eigenvalue weighted by atomic mass is 79.9. The lowest BCUT2D eigenvalue weighted by atomic mass is 10.4. The standard InChI is InChI=1S/C13H15BrN4S/c1-2-5-15-12-8-17-10(7-18-12)9-19-13-11(14)4-3-6-16-13/h3-4,6-8H,2,5,9H2,1H3,(H,15,18). The van der Waals surface area contributed by atoms with Crippen LogP contribution in [0, 0.1) is 0 Å². The van der Waals surface area contributed by atoms with Crippen LogP contribution in [0.2, 0.25) is 0 Å². The second-order valence-corrected chi connectivity index (χ2v) is 5.72. The Labute approximate surface area is 125 Å². The van der Waals surface area contributed by atoms with Crippen molar-refractivity contribution in [3.05, 3.63) is 40.9 Å². The highest BCUT2D eigenvalue weighted by Crippen LogP contribution is 2.26. The van der Waals surface area contributed by atoms with Gasteiger partial charge in [-0.1, -0.05) is 18.7 Å². The maximum absolute atomic E-state index is 4.39. The van der Waals surface area contributed by atoms with Gasteiger partial charge in [-0.05, 0) is 34.5 Å². The molecule has 0 saturated heterocycles. The van der Waals surface area contributed by atoms with E-state index in [9.17, 15) is 0 Å². The van der Waals surface area contributed by atoms with Gasteiger partial charge in [-0.2, -0.15) is 0 Å². The summed E-state index contributed by atoms with van der Waals surface area (Å²) in [5.41, 5.74) is 0.949. The van der Waals surface area contributed by atoms with E-state index in [0.717, 1.165) is 39.7 Å². The summed E-state index contributed by atoms with van der Waals surface area (Å²) in [4.78, 5) is 13.0. The number of thioether (sulfide) groups is 1. The van der Waals surface area contributed by atoms with E-state index in [-0.39, 0.29) is 0 Å². The molecule has 0 aromatic carbocycles. The molecule has 100 valence electrons. The molecule has 0 bridgehead atoms. The molecule has 0 saturated carbocycles. The van der Waals surface area contributed by atoms with Gasteiger partial charge in [0.05, 0.1) is 18.1 Å². The number of hydrogen-bond acceptors (Lipinski definition) is 5. The summed E-state index contributed by atoms with van der Waals surface area (Å²) in [7, 11) is 0. The molecule has 2 heterocycles. The third-order valence-electron chi connectivity index (χ3n) is 2.34. The molecule has 0 unspecified atom stereocenters. The van der Waals surface area contributed by atoms with E-state index in [1.807, 2.05) is 18.3 Å². The number of anilines is 1. The molecule has 2 aromatic heterocycles. The zero-order valence-corrected chi connectivity index (χ0v) is 13.0. The molecule has 4 nitrogen and oxygen atoms in total. The van der Waals surface area contributed by atoms with Crippen LogP contribution in [0.5, 0.6) is 0 Å². The monoisotopic (exact) mass is 338 g/mol. The lowest BCUT2D eigenvalue weighted by molar-refractivity contribution is 0.960. The number of pyridine rings is 1. The minimum atomic E-state index is 0.761. The molecule has 19 heavy (non-hydrogen) atoms. The van der Waals surface area contributed by atoms with Gasteiger partial charge in [0.15, 0.2) is 0 Å². The van der Waals surface area contributed by atoms with Crippen LogP contribution in [0.3, 0.4) is 0 Å². The SMILES string of the molecule is CCCNc1cnc(CSc2ncccc2Br)cn1. The Bertz CT molecular complexity index is 518. The molecule has 0 aliphatic rings. The fraction of sp³-hybridized carbons (Fsp3) is 0.308. The minimum Gasteiger partial charge on any atom is -0.369 e. The third-order valence-corrected chi connectivity index (χ3v) is 4.28. The molecule has 2 aromatic rings. The predicted octanol–water partition coefficient (Wildman–Crippen LogP) is 3.75. The van der Waals surface area contributed by atoms with Crippen LogP contribution in [-0.4, -0.2) is 21.5 Å². The second-order valence-electron chi connectivity index (χ2n) is 3.90. The Morgan fingerprint density at radius 3 is 2.84 bits per heavy atom. The summed E-state index contributed by atoms with van der Waals surface area (Å²) < 4.78 is 1.01. The van der Waals surface area contributed by atoms with E-state index >= 15 is 0 Å². The summed E-state index contributed by atoms with van der Waals surface area (Å²) in [5, 5.41) is 4.17. The maximum atomic E-state index is 4.39. The van der Waals surface area contributed by atoms with Crippen LogP contribution in [0.15, 0.2) is 40.2 Å². The van der Waals surface area contributed by atoms with Gasteiger partial charge in [-0.15, -0.1) is 0 Å². The lowest BCUT2D eigenvalue weighted by Gasteiger charge is -2.05. The molecular formula is C13H15BrN4S. The Morgan fingerprint density at radius 2 is 2.16 bits per heavy atom. The molecule has 0 aliphatic heterocycles. The number of nitrogens with one attached hydrogen (secondary N) is 1. The smallest absolute Gasteiger partial charge is 0.144 e. The van der Waals surface area contributed by atoms with Crippen molar-refractivity contribution in [3.8, 4) is 0 Å². The minimum absolute atomic E-state index is 0.761. The van der Waals surface area contributed by atoms with Crippen LogP contribution in [0.25, 0.3) is 0 Å². The first-order chi connectivity index (χ1) is 9.29. The van der Waals surface area contributed by atoms with Crippen molar-refractivity contribution >= 4 is 33.5 Å². The highest BCUT2D eigenvalue weighted by molar-refractivity contribution is 9.10. The van der Waals surface area contributed by atoms with E-state index in [4.69, 9.17) is 0 Å². The van der Waals surface area contributed by atoms with Crippen molar-refractivity contribution in [2.45, 2.75) is 24.1 Å². The highest BCUT2D eigenvalue weighted by Gasteiger charge is 2.03. The quantitative estimate of drug-likeness (QED) is 0.813. The topological polar surface area (TPSA) is 50.7 Å². The third kappa shape index (κ3) is 4.47. The average molecular weight is 339 g/mol. The molecule has 0 radical (unpaired) electrons. The summed E-state index contributed by atoms with van der Waals surface area (Å²) in [6.07, 6.45) is 6.45. The molecule has 1 N–H and O–H groups in total. The van der Waals surface area contributed by atoms with Crippen LogP contribution >= 0.6 is 27.7 Å². The van der Waals surface area contributed by atoms with Gasteiger partial charge >= 0.3 is 0 Å². The van der Waals surface area contributed by atoms with Crippen LogP contribution in [0.1, 0.15) is 19.0 Å². The van der Waals surface area contributed by atoms with Gasteiger partial charge < -0.3 is 5.32 Å². The number of rotatable bonds is 6. The summed E-state index contributed by atoms with van der Waals surface area (Å²) >= 11 is 5.12. The first kappa shape index (κ1) is 14.3. The Kier molecular flexibility index (Phi) is 5.60. The molecule has 0 aliphatic carbocycles. The van der Waals surface area contributed by atoms with Gasteiger partial charge in [-0.3, -0.25) is 4.98 Å². The van der Waals surface area contributed by atoms with E-state index < -0.39 is 0 Å². The number of halogens is 1.